The summed E-state index contributed by atoms with van der Waals surface area (Å²) in [6.07, 6.45) is 5.63. The minimum atomic E-state index is -4.11. The molecule has 5 nitrogen and oxygen atoms in total. The Kier molecular flexibility index (Phi) is 7.34. The summed E-state index contributed by atoms with van der Waals surface area (Å²) in [4.78, 5) is 8.33. The molecule has 1 N–H and O–H groups in total. The fourth-order valence-electron chi connectivity index (χ4n) is 3.93. The van der Waals surface area contributed by atoms with E-state index in [2.05, 4.69) is 77.8 Å². The van der Waals surface area contributed by atoms with Crippen molar-refractivity contribution in [3.05, 3.63) is 114 Å². The van der Waals surface area contributed by atoms with Crippen LogP contribution in [-0.4, -0.2) is 22.9 Å². The molecule has 0 amide bonds. The van der Waals surface area contributed by atoms with Gasteiger partial charge in [0.05, 0.1) is 5.52 Å². The number of aromatic nitrogens is 2. The van der Waals surface area contributed by atoms with E-state index in [4.69, 9.17) is 9.54 Å². The molecule has 0 atom stereocenters. The van der Waals surface area contributed by atoms with Gasteiger partial charge in [-0.05, 0) is 35.0 Å². The van der Waals surface area contributed by atoms with Gasteiger partial charge in [0, 0.05) is 31.7 Å². The number of benzene rings is 3. The summed E-state index contributed by atoms with van der Waals surface area (Å²) in [5.74, 6) is 0. The zero-order valence-electron chi connectivity index (χ0n) is 18.3. The van der Waals surface area contributed by atoms with Crippen molar-refractivity contribution in [3.63, 3.8) is 0 Å². The van der Waals surface area contributed by atoms with Crippen LogP contribution in [0.5, 0.6) is 0 Å². The molecule has 5 aromatic rings. The van der Waals surface area contributed by atoms with Crippen LogP contribution in [0.2, 0.25) is 0 Å². The van der Waals surface area contributed by atoms with Gasteiger partial charge in [-0.1, -0.05) is 77.9 Å². The molecule has 2 aromatic heterocycles. The number of nitrogens with zero attached hydrogens (tertiary/aromatic N) is 2. The second-order valence-corrected chi connectivity index (χ2v) is 9.01. The maximum Gasteiger partial charge on any atom is 0.312 e. The van der Waals surface area contributed by atoms with Crippen molar-refractivity contribution in [2.24, 2.45) is 0 Å². The normalized spacial score (nSPS) is 11.5. The zero-order chi connectivity index (χ0) is 23.5. The monoisotopic (exact) mass is 656 g/mol. The molecule has 1 aliphatic carbocycles. The predicted molar refractivity (Wildman–Crippen MR) is 134 cm³/mol. The molecule has 35 heavy (non-hydrogen) atoms. The SMILES string of the molecule is O=S(=O)(O)c1ccccn1.[Ir].[c-]1cccc(-c2ccccc2)c1-c1cc2c3c(cccc3n1)C=C2. The second-order valence-electron chi connectivity index (χ2n) is 7.64. The molecule has 0 unspecified atom stereocenters. The molecule has 1 aliphatic rings. The molecule has 0 bridgehead atoms. The van der Waals surface area contributed by atoms with Crippen molar-refractivity contribution in [1.82, 2.24) is 9.97 Å². The summed E-state index contributed by atoms with van der Waals surface area (Å²) in [5, 5.41) is 0.924. The first-order valence-electron chi connectivity index (χ1n) is 10.6. The Balaban J connectivity index is 0.000000224. The maximum absolute atomic E-state index is 10.3. The third-order valence-corrected chi connectivity index (χ3v) is 6.21. The Bertz CT molecular complexity index is 1620. The van der Waals surface area contributed by atoms with Crippen LogP contribution in [0, 0.1) is 6.07 Å². The minimum absolute atomic E-state index is 0. The van der Waals surface area contributed by atoms with Crippen LogP contribution in [0.3, 0.4) is 0 Å². The van der Waals surface area contributed by atoms with E-state index < -0.39 is 10.1 Å². The van der Waals surface area contributed by atoms with Crippen molar-refractivity contribution < 1.29 is 33.1 Å². The molecule has 1 radical (unpaired) electrons. The van der Waals surface area contributed by atoms with Gasteiger partial charge < -0.3 is 0 Å². The van der Waals surface area contributed by atoms with E-state index in [1.807, 2.05) is 18.2 Å². The third kappa shape index (κ3) is 5.29. The van der Waals surface area contributed by atoms with Crippen LogP contribution >= 0.6 is 0 Å². The van der Waals surface area contributed by atoms with E-state index in [9.17, 15) is 8.42 Å². The van der Waals surface area contributed by atoms with E-state index in [1.165, 1.54) is 40.4 Å². The third-order valence-electron chi connectivity index (χ3n) is 5.44. The van der Waals surface area contributed by atoms with Crippen LogP contribution < -0.4 is 0 Å². The molecule has 7 heteroatoms. The molecular weight excluding hydrogens is 637 g/mol. The summed E-state index contributed by atoms with van der Waals surface area (Å²) >= 11 is 0. The molecule has 0 saturated carbocycles. The van der Waals surface area contributed by atoms with Gasteiger partial charge in [-0.2, -0.15) is 8.42 Å². The van der Waals surface area contributed by atoms with Crippen LogP contribution in [-0.2, 0) is 30.2 Å². The predicted octanol–water partition coefficient (Wildman–Crippen LogP) is 6.18. The molecule has 6 rings (SSSR count). The van der Waals surface area contributed by atoms with Crippen LogP contribution in [0.15, 0.2) is 102 Å². The van der Waals surface area contributed by atoms with E-state index in [1.54, 1.807) is 6.07 Å². The first-order valence-corrected chi connectivity index (χ1v) is 12.0. The largest absolute Gasteiger partial charge is 0.312 e. The Morgan fingerprint density at radius 2 is 1.57 bits per heavy atom. The van der Waals surface area contributed by atoms with Gasteiger partial charge in [0.2, 0.25) is 0 Å². The number of hydrogen-bond donors (Lipinski definition) is 1. The summed E-state index contributed by atoms with van der Waals surface area (Å²) < 4.78 is 29.1. The van der Waals surface area contributed by atoms with E-state index in [-0.39, 0.29) is 25.1 Å². The molecule has 175 valence electrons. The van der Waals surface area contributed by atoms with Crippen molar-refractivity contribution >= 4 is 33.2 Å². The molecule has 0 spiro atoms. The smallest absolute Gasteiger partial charge is 0.296 e. The van der Waals surface area contributed by atoms with Crippen LogP contribution in [0.1, 0.15) is 11.1 Å². The van der Waals surface area contributed by atoms with Gasteiger partial charge in [0.1, 0.15) is 0 Å². The molecule has 3 aromatic carbocycles. The topological polar surface area (TPSA) is 80.2 Å². The van der Waals surface area contributed by atoms with Gasteiger partial charge in [0.15, 0.2) is 5.03 Å². The number of rotatable bonds is 3. The fourth-order valence-corrected chi connectivity index (χ4v) is 4.38. The van der Waals surface area contributed by atoms with E-state index >= 15 is 0 Å². The minimum Gasteiger partial charge on any atom is -0.296 e. The average Bonchev–Trinajstić information content (AvgIpc) is 3.29. The van der Waals surface area contributed by atoms with Gasteiger partial charge in [-0.25, -0.2) is 4.98 Å². The quantitative estimate of drug-likeness (QED) is 0.182. The zero-order valence-corrected chi connectivity index (χ0v) is 21.5. The van der Waals surface area contributed by atoms with Crippen molar-refractivity contribution in [3.8, 4) is 22.4 Å². The molecule has 0 saturated heterocycles. The van der Waals surface area contributed by atoms with Crippen molar-refractivity contribution in [2.75, 3.05) is 0 Å². The van der Waals surface area contributed by atoms with Crippen molar-refractivity contribution in [1.29, 1.82) is 0 Å². The van der Waals surface area contributed by atoms with E-state index in [0.717, 1.165) is 22.3 Å². The Morgan fingerprint density at radius 3 is 2.29 bits per heavy atom. The summed E-state index contributed by atoms with van der Waals surface area (Å²) in [6.45, 7) is 0. The van der Waals surface area contributed by atoms with Crippen LogP contribution in [0.4, 0.5) is 0 Å². The standard InChI is InChI=1S/C23H14N.C5H5NO3S.Ir/c1-2-7-16(8-3-1)19-10-4-5-11-20(19)22-15-18-14-13-17-9-6-12-21(24-22)23(17)18;7-10(8,9)5-3-1-2-4-6-5;/h1-10,12-15H;1-4H,(H,7,8,9);/q-1;;. The molecule has 0 fully saturated rings. The first kappa shape index (κ1) is 24.6. The van der Waals surface area contributed by atoms with Gasteiger partial charge in [-0.3, -0.25) is 9.54 Å². The Morgan fingerprint density at radius 1 is 0.800 bits per heavy atom. The van der Waals surface area contributed by atoms with E-state index in [0.29, 0.717) is 0 Å². The summed E-state index contributed by atoms with van der Waals surface area (Å²) in [6, 6.07) is 32.7. The fraction of sp³-hybridized carbons (Fsp3) is 0. The first-order chi connectivity index (χ1) is 16.5. The maximum atomic E-state index is 10.3. The Labute approximate surface area is 217 Å². The second kappa shape index (κ2) is 10.4. The average molecular weight is 656 g/mol. The molecule has 2 heterocycles. The Hall–Kier alpha value is -3.48. The van der Waals surface area contributed by atoms with Gasteiger partial charge >= 0.3 is 10.1 Å². The molecular formula is C28H19IrN2O3S-. The number of hydrogen-bond acceptors (Lipinski definition) is 4. The van der Waals surface area contributed by atoms with Crippen molar-refractivity contribution in [2.45, 2.75) is 5.03 Å². The molecule has 0 aliphatic heterocycles. The number of pyridine rings is 2. The van der Waals surface area contributed by atoms with Gasteiger partial charge in [-0.15, -0.1) is 29.8 Å². The summed E-state index contributed by atoms with van der Waals surface area (Å²) in [5.41, 5.74) is 7.90. The van der Waals surface area contributed by atoms with Crippen LogP contribution in [0.25, 0.3) is 45.4 Å². The van der Waals surface area contributed by atoms with Gasteiger partial charge in [0.25, 0.3) is 0 Å². The summed E-state index contributed by atoms with van der Waals surface area (Å²) in [7, 11) is -4.11.